The van der Waals surface area contributed by atoms with E-state index in [1.165, 1.54) is 25.7 Å². The lowest BCUT2D eigenvalue weighted by atomic mass is 9.43. The second kappa shape index (κ2) is 2.06. The molecule has 0 heterocycles. The van der Waals surface area contributed by atoms with Gasteiger partial charge < -0.3 is 0 Å². The van der Waals surface area contributed by atoms with Gasteiger partial charge >= 0.3 is 0 Å². The normalized spacial score (nSPS) is 66.0. The fourth-order valence-corrected chi connectivity index (χ4v) is 6.04. The second-order valence-corrected chi connectivity index (χ2v) is 6.88. The minimum Gasteiger partial charge on any atom is -0.0890 e. The molecule has 0 nitrogen and oxygen atoms in total. The third-order valence-corrected chi connectivity index (χ3v) is 6.20. The predicted octanol–water partition coefficient (Wildman–Crippen LogP) is 3.33. The Morgan fingerprint density at radius 2 is 1.73 bits per heavy atom. The molecule has 3 aliphatic carbocycles. The molecule has 5 unspecified atom stereocenters. The lowest BCUT2D eigenvalue weighted by Crippen LogP contribution is -2.61. The molecule has 0 aromatic carbocycles. The largest absolute Gasteiger partial charge is 0.0890 e. The van der Waals surface area contributed by atoms with Gasteiger partial charge in [-0.2, -0.15) is 0 Å². The van der Waals surface area contributed by atoms with Crippen LogP contribution in [0.15, 0.2) is 0 Å². The Kier molecular flexibility index (Phi) is 1.38. The Hall–Kier alpha value is 0.960. The van der Waals surface area contributed by atoms with Gasteiger partial charge in [0.15, 0.2) is 0 Å². The van der Waals surface area contributed by atoms with Gasteiger partial charge in [-0.25, -0.2) is 0 Å². The molecular formula is C9H12Br2. The lowest BCUT2D eigenvalue weighted by molar-refractivity contribution is -0.107. The van der Waals surface area contributed by atoms with Crippen molar-refractivity contribution in [3.63, 3.8) is 0 Å². The van der Waals surface area contributed by atoms with Gasteiger partial charge in [-0.15, -0.1) is 0 Å². The van der Waals surface area contributed by atoms with Crippen molar-refractivity contribution >= 4 is 31.9 Å². The summed E-state index contributed by atoms with van der Waals surface area (Å²) >= 11 is 7.58. The van der Waals surface area contributed by atoms with Gasteiger partial charge in [0, 0.05) is 9.65 Å². The summed E-state index contributed by atoms with van der Waals surface area (Å²) in [6, 6.07) is 0. The summed E-state index contributed by atoms with van der Waals surface area (Å²) < 4.78 is 0. The molecule has 5 atom stereocenters. The zero-order valence-corrected chi connectivity index (χ0v) is 9.57. The standard InChI is InChI=1S/C9H12Br2/c10-7-2-5-1-6-3-8(11)9(5,6)4-7/h5-8H,1-4H2. The smallest absolute Gasteiger partial charge is 0.0210 e. The molecule has 1 spiro atoms. The van der Waals surface area contributed by atoms with Crippen molar-refractivity contribution in [1.29, 1.82) is 0 Å². The SMILES string of the molecule is BrC1CC2CC3CC(Br)C23C1. The maximum absolute atomic E-state index is 3.82. The molecule has 2 heteroatoms. The van der Waals surface area contributed by atoms with E-state index in [1.807, 2.05) is 0 Å². The van der Waals surface area contributed by atoms with Crippen molar-refractivity contribution in [2.24, 2.45) is 17.3 Å². The minimum atomic E-state index is 0.772. The first kappa shape index (κ1) is 7.37. The lowest BCUT2D eigenvalue weighted by Gasteiger charge is -2.65. The molecule has 0 aromatic heterocycles. The van der Waals surface area contributed by atoms with Crippen LogP contribution in [0.2, 0.25) is 0 Å². The molecule has 0 bridgehead atoms. The molecule has 3 saturated carbocycles. The highest BCUT2D eigenvalue weighted by Crippen LogP contribution is 2.74. The molecule has 0 radical (unpaired) electrons. The van der Waals surface area contributed by atoms with Crippen LogP contribution in [0.25, 0.3) is 0 Å². The van der Waals surface area contributed by atoms with Crippen LogP contribution in [0.1, 0.15) is 25.7 Å². The molecular weight excluding hydrogens is 268 g/mol. The summed E-state index contributed by atoms with van der Waals surface area (Å²) in [6.07, 6.45) is 5.87. The van der Waals surface area contributed by atoms with Crippen molar-refractivity contribution in [2.75, 3.05) is 0 Å². The minimum absolute atomic E-state index is 0.772. The van der Waals surface area contributed by atoms with Crippen LogP contribution in [-0.2, 0) is 0 Å². The van der Waals surface area contributed by atoms with Crippen molar-refractivity contribution < 1.29 is 0 Å². The van der Waals surface area contributed by atoms with E-state index in [0.29, 0.717) is 0 Å². The third kappa shape index (κ3) is 0.680. The van der Waals surface area contributed by atoms with Gasteiger partial charge in [0.2, 0.25) is 0 Å². The van der Waals surface area contributed by atoms with E-state index in [9.17, 15) is 0 Å². The number of hydrogen-bond acceptors (Lipinski definition) is 0. The van der Waals surface area contributed by atoms with E-state index in [4.69, 9.17) is 0 Å². The molecule has 0 aromatic rings. The van der Waals surface area contributed by atoms with Crippen molar-refractivity contribution in [1.82, 2.24) is 0 Å². The average molecular weight is 280 g/mol. The van der Waals surface area contributed by atoms with Gasteiger partial charge in [-0.1, -0.05) is 31.9 Å². The molecule has 0 aliphatic heterocycles. The Labute approximate surface area is 84.4 Å². The molecule has 0 saturated heterocycles. The van der Waals surface area contributed by atoms with Crippen LogP contribution >= 0.6 is 31.9 Å². The molecule has 0 N–H and O–H groups in total. The maximum Gasteiger partial charge on any atom is 0.0210 e. The van der Waals surface area contributed by atoms with E-state index < -0.39 is 0 Å². The topological polar surface area (TPSA) is 0 Å². The second-order valence-electron chi connectivity index (χ2n) is 4.48. The predicted molar refractivity (Wildman–Crippen MR) is 53.3 cm³/mol. The van der Waals surface area contributed by atoms with Crippen LogP contribution < -0.4 is 0 Å². The summed E-state index contributed by atoms with van der Waals surface area (Å²) in [5.41, 5.74) is 0.772. The Morgan fingerprint density at radius 3 is 2.18 bits per heavy atom. The molecule has 11 heavy (non-hydrogen) atoms. The highest BCUT2D eigenvalue weighted by molar-refractivity contribution is 9.09. The van der Waals surface area contributed by atoms with Crippen molar-refractivity contribution in [3.05, 3.63) is 0 Å². The number of rotatable bonds is 0. The highest BCUT2D eigenvalue weighted by Gasteiger charge is 2.68. The Bertz CT molecular complexity index is 198. The monoisotopic (exact) mass is 278 g/mol. The quantitative estimate of drug-likeness (QED) is 0.597. The molecule has 0 amide bonds. The van der Waals surface area contributed by atoms with Gasteiger partial charge in [0.1, 0.15) is 0 Å². The third-order valence-electron chi connectivity index (χ3n) is 4.28. The molecule has 3 fully saturated rings. The molecule has 3 aliphatic rings. The summed E-state index contributed by atoms with van der Waals surface area (Å²) in [5, 5.41) is 0. The molecule has 3 rings (SSSR count). The van der Waals surface area contributed by atoms with Gasteiger partial charge in [0.25, 0.3) is 0 Å². The van der Waals surface area contributed by atoms with Crippen LogP contribution in [0, 0.1) is 17.3 Å². The van der Waals surface area contributed by atoms with Gasteiger partial charge in [-0.05, 0) is 42.9 Å². The van der Waals surface area contributed by atoms with E-state index >= 15 is 0 Å². The zero-order valence-electron chi connectivity index (χ0n) is 6.39. The number of hydrogen-bond donors (Lipinski definition) is 0. The Morgan fingerprint density at radius 1 is 1.00 bits per heavy atom. The first-order valence-corrected chi connectivity index (χ1v) is 6.35. The first-order valence-electron chi connectivity index (χ1n) is 4.51. The fourth-order valence-electron chi connectivity index (χ4n) is 3.64. The fraction of sp³-hybridized carbons (Fsp3) is 1.00. The summed E-state index contributed by atoms with van der Waals surface area (Å²) in [7, 11) is 0. The summed E-state index contributed by atoms with van der Waals surface area (Å²) in [6.45, 7) is 0. The number of alkyl halides is 2. The molecule has 62 valence electrons. The van der Waals surface area contributed by atoms with Crippen LogP contribution in [0.3, 0.4) is 0 Å². The van der Waals surface area contributed by atoms with Gasteiger partial charge in [-0.3, -0.25) is 0 Å². The van der Waals surface area contributed by atoms with Gasteiger partial charge in [0.05, 0.1) is 0 Å². The summed E-state index contributed by atoms with van der Waals surface area (Å²) in [5.74, 6) is 2.16. The van der Waals surface area contributed by atoms with E-state index in [2.05, 4.69) is 31.9 Å². The van der Waals surface area contributed by atoms with Crippen molar-refractivity contribution in [2.45, 2.75) is 35.3 Å². The van der Waals surface area contributed by atoms with Crippen LogP contribution in [0.4, 0.5) is 0 Å². The van der Waals surface area contributed by atoms with E-state index in [0.717, 1.165) is 26.9 Å². The van der Waals surface area contributed by atoms with Crippen molar-refractivity contribution in [3.8, 4) is 0 Å². The highest BCUT2D eigenvalue weighted by atomic mass is 79.9. The maximum atomic E-state index is 3.82. The zero-order chi connectivity index (χ0) is 7.64. The van der Waals surface area contributed by atoms with Crippen LogP contribution in [0.5, 0.6) is 0 Å². The number of halogens is 2. The Balaban J connectivity index is 1.90. The van der Waals surface area contributed by atoms with E-state index in [-0.39, 0.29) is 0 Å². The first-order chi connectivity index (χ1) is 5.23. The average Bonchev–Trinajstić information content (AvgIpc) is 2.26. The van der Waals surface area contributed by atoms with Crippen LogP contribution in [-0.4, -0.2) is 9.65 Å². The van der Waals surface area contributed by atoms with E-state index in [1.54, 1.807) is 0 Å². The summed E-state index contributed by atoms with van der Waals surface area (Å²) in [4.78, 5) is 1.69.